The van der Waals surface area contributed by atoms with Crippen LogP contribution >= 0.6 is 11.8 Å². The van der Waals surface area contributed by atoms with Gasteiger partial charge in [-0.15, -0.1) is 5.10 Å². The van der Waals surface area contributed by atoms with Crippen LogP contribution in [0, 0.1) is 5.41 Å². The molecule has 2 aliphatic rings. The number of benzene rings is 1. The molecule has 0 spiro atoms. The number of nitrogens with zero attached hydrogens (tertiary/aromatic N) is 4. The Kier molecular flexibility index (Phi) is 4.25. The first kappa shape index (κ1) is 17.4. The lowest BCUT2D eigenvalue weighted by molar-refractivity contribution is -0.114. The van der Waals surface area contributed by atoms with Crippen LogP contribution in [-0.2, 0) is 14.6 Å². The summed E-state index contributed by atoms with van der Waals surface area (Å²) in [5.41, 5.74) is 1.79. The summed E-state index contributed by atoms with van der Waals surface area (Å²) in [6.45, 7) is 0. The molecule has 0 saturated heterocycles. The average Bonchev–Trinajstić information content (AvgIpc) is 2.96. The Morgan fingerprint density at radius 2 is 1.88 bits per heavy atom. The zero-order chi connectivity index (χ0) is 18.4. The molecule has 10 heteroatoms. The van der Waals surface area contributed by atoms with Gasteiger partial charge in [0.2, 0.25) is 19.4 Å². The van der Waals surface area contributed by atoms with Gasteiger partial charge in [-0.3, -0.25) is 10.2 Å². The third kappa shape index (κ3) is 3.35. The lowest BCUT2D eigenvalue weighted by atomic mass is 10.1. The van der Waals surface area contributed by atoms with Crippen molar-refractivity contribution in [2.24, 2.45) is 10.1 Å². The highest BCUT2D eigenvalue weighted by atomic mass is 32.3. The molecule has 8 nitrogen and oxygen atoms in total. The van der Waals surface area contributed by atoms with E-state index in [9.17, 15) is 13.2 Å². The monoisotopic (exact) mass is 377 g/mol. The largest absolute Gasteiger partial charge is 0.378 e. The first-order chi connectivity index (χ1) is 11.7. The molecule has 0 radical (unpaired) electrons. The van der Waals surface area contributed by atoms with E-state index in [1.165, 1.54) is 0 Å². The van der Waals surface area contributed by atoms with Crippen LogP contribution in [0.3, 0.4) is 0 Å². The van der Waals surface area contributed by atoms with Crippen LogP contribution in [0.1, 0.15) is 5.56 Å². The number of hydrogen-bond donors (Lipinski definition) is 1. The van der Waals surface area contributed by atoms with Gasteiger partial charge in [-0.25, -0.2) is 8.42 Å². The third-order valence-corrected chi connectivity index (χ3v) is 6.05. The van der Waals surface area contributed by atoms with Crippen molar-refractivity contribution in [1.29, 1.82) is 5.41 Å². The number of carbonyl (C=O) groups excluding carboxylic acids is 1. The number of anilines is 1. The molecule has 1 N–H and O–H groups in total. The van der Waals surface area contributed by atoms with E-state index in [4.69, 9.17) is 5.41 Å². The molecule has 0 unspecified atom stereocenters. The lowest BCUT2D eigenvalue weighted by Gasteiger charge is -2.20. The summed E-state index contributed by atoms with van der Waals surface area (Å²) >= 11 is 0.766. The second-order valence-corrected chi connectivity index (χ2v) is 8.79. The van der Waals surface area contributed by atoms with Crippen LogP contribution < -0.4 is 4.90 Å². The second-order valence-electron chi connectivity index (χ2n) is 5.64. The maximum absolute atomic E-state index is 12.2. The Morgan fingerprint density at radius 1 is 1.24 bits per heavy atom. The van der Waals surface area contributed by atoms with Gasteiger partial charge in [0.1, 0.15) is 0 Å². The minimum absolute atomic E-state index is 0.0560. The Labute approximate surface area is 149 Å². The van der Waals surface area contributed by atoms with E-state index >= 15 is 0 Å². The molecule has 0 fully saturated rings. The Hall–Kier alpha value is -2.46. The number of carbonyl (C=O) groups is 1. The number of rotatable bonds is 2. The third-order valence-electron chi connectivity index (χ3n) is 3.47. The highest BCUT2D eigenvalue weighted by molar-refractivity contribution is 8.42. The fourth-order valence-corrected chi connectivity index (χ4v) is 3.84. The fourth-order valence-electron chi connectivity index (χ4n) is 2.16. The van der Waals surface area contributed by atoms with Crippen molar-refractivity contribution in [3.05, 3.63) is 35.4 Å². The van der Waals surface area contributed by atoms with Gasteiger partial charge >= 0.3 is 0 Å². The molecule has 130 valence electrons. The van der Waals surface area contributed by atoms with Crippen molar-refractivity contribution in [3.8, 4) is 0 Å². The van der Waals surface area contributed by atoms with E-state index in [0.29, 0.717) is 0 Å². The highest BCUT2D eigenvalue weighted by Gasteiger charge is 2.38. The maximum Gasteiger partial charge on any atom is 0.283 e. The van der Waals surface area contributed by atoms with Crippen LogP contribution in [0.2, 0.25) is 0 Å². The van der Waals surface area contributed by atoms with E-state index in [0.717, 1.165) is 34.3 Å². The number of amidine groups is 2. The number of amides is 1. The van der Waals surface area contributed by atoms with E-state index < -0.39 is 15.7 Å². The van der Waals surface area contributed by atoms with Crippen molar-refractivity contribution >= 4 is 54.6 Å². The van der Waals surface area contributed by atoms with Gasteiger partial charge in [0.05, 0.1) is 5.57 Å². The summed E-state index contributed by atoms with van der Waals surface area (Å²) in [6, 6.07) is 7.44. The molecule has 3 rings (SSSR count). The first-order valence-corrected chi connectivity index (χ1v) is 9.85. The molecular weight excluding hydrogens is 362 g/mol. The minimum atomic E-state index is -3.53. The van der Waals surface area contributed by atoms with Gasteiger partial charge in [0.25, 0.3) is 5.91 Å². The summed E-state index contributed by atoms with van der Waals surface area (Å²) in [6.07, 6.45) is 2.56. The molecule has 2 aliphatic heterocycles. The van der Waals surface area contributed by atoms with Gasteiger partial charge in [-0.2, -0.15) is 10.0 Å². The summed E-state index contributed by atoms with van der Waals surface area (Å²) in [5.74, 6) is -0.789. The van der Waals surface area contributed by atoms with Crippen LogP contribution in [0.4, 0.5) is 5.69 Å². The fraction of sp³-hybridized carbons (Fsp3) is 0.200. The number of fused-ring (bicyclic) bond motifs is 1. The SMILES string of the molecule is CN(C)c1ccc(/C=C2\C(=N)N3N=C(S(C)(=O)=O)SC3=NC2=O)cc1. The maximum atomic E-state index is 12.2. The number of thioether (sulfide) groups is 1. The van der Waals surface area contributed by atoms with Gasteiger partial charge < -0.3 is 4.90 Å². The van der Waals surface area contributed by atoms with Gasteiger partial charge in [0, 0.05) is 26.0 Å². The van der Waals surface area contributed by atoms with E-state index in [-0.39, 0.29) is 21.0 Å². The number of hydrogen-bond acceptors (Lipinski definition) is 7. The van der Waals surface area contributed by atoms with Crippen molar-refractivity contribution in [2.45, 2.75) is 0 Å². The Bertz CT molecular complexity index is 959. The Morgan fingerprint density at radius 3 is 2.44 bits per heavy atom. The molecule has 0 saturated carbocycles. The molecule has 0 aliphatic carbocycles. The van der Waals surface area contributed by atoms with Crippen LogP contribution in [-0.4, -0.2) is 55.1 Å². The molecule has 2 heterocycles. The van der Waals surface area contributed by atoms with E-state index in [1.807, 2.05) is 43.3 Å². The Balaban J connectivity index is 1.95. The predicted molar refractivity (Wildman–Crippen MR) is 101 cm³/mol. The predicted octanol–water partition coefficient (Wildman–Crippen LogP) is 1.37. The molecule has 1 aromatic carbocycles. The van der Waals surface area contributed by atoms with Crippen LogP contribution in [0.15, 0.2) is 39.9 Å². The van der Waals surface area contributed by atoms with Crippen molar-refractivity contribution < 1.29 is 13.2 Å². The highest BCUT2D eigenvalue weighted by Crippen LogP contribution is 2.30. The molecule has 1 amide bonds. The number of sulfone groups is 1. The van der Waals surface area contributed by atoms with Gasteiger partial charge in [-0.1, -0.05) is 12.1 Å². The summed E-state index contributed by atoms with van der Waals surface area (Å²) in [5, 5.41) is 13.2. The number of nitrogens with one attached hydrogen (secondary N) is 1. The summed E-state index contributed by atoms with van der Waals surface area (Å²) in [7, 11) is 0.314. The second kappa shape index (κ2) is 6.12. The molecule has 25 heavy (non-hydrogen) atoms. The zero-order valence-corrected chi connectivity index (χ0v) is 15.3. The van der Waals surface area contributed by atoms with Crippen LogP contribution in [0.5, 0.6) is 0 Å². The summed E-state index contributed by atoms with van der Waals surface area (Å²) < 4.78 is 23.1. The van der Waals surface area contributed by atoms with Crippen LogP contribution in [0.25, 0.3) is 6.08 Å². The van der Waals surface area contributed by atoms with E-state index in [2.05, 4.69) is 10.1 Å². The topological polar surface area (TPSA) is 106 Å². The molecule has 0 atom stereocenters. The minimum Gasteiger partial charge on any atom is -0.378 e. The van der Waals surface area contributed by atoms with E-state index in [1.54, 1.807) is 6.08 Å². The normalized spacial score (nSPS) is 19.0. The lowest BCUT2D eigenvalue weighted by Crippen LogP contribution is -2.35. The zero-order valence-electron chi connectivity index (χ0n) is 13.7. The van der Waals surface area contributed by atoms with Crippen molar-refractivity contribution in [2.75, 3.05) is 25.3 Å². The molecule has 0 bridgehead atoms. The summed E-state index contributed by atoms with van der Waals surface area (Å²) in [4.78, 5) is 18.0. The first-order valence-electron chi connectivity index (χ1n) is 7.14. The van der Waals surface area contributed by atoms with Gasteiger partial charge in [0.15, 0.2) is 5.84 Å². The van der Waals surface area contributed by atoms with Crippen molar-refractivity contribution in [3.63, 3.8) is 0 Å². The standard InChI is InChI=1S/C15H15N5O3S2/c1-19(2)10-6-4-9(5-7-10)8-11-12(16)20-14(17-13(11)21)24-15(18-20)25(3,22)23/h4-8,16H,1-3H3/b11-8+,16-12?. The molecular formula is C15H15N5O3S2. The van der Waals surface area contributed by atoms with Crippen molar-refractivity contribution in [1.82, 2.24) is 5.01 Å². The smallest absolute Gasteiger partial charge is 0.283 e. The molecule has 0 aromatic heterocycles. The molecule has 1 aromatic rings. The van der Waals surface area contributed by atoms with Gasteiger partial charge in [-0.05, 0) is 35.5 Å². The quantitative estimate of drug-likeness (QED) is 0.780. The number of aliphatic imine (C=N–C) groups is 1. The average molecular weight is 377 g/mol. The number of hydrazone groups is 1.